The summed E-state index contributed by atoms with van der Waals surface area (Å²) in [6.45, 7) is 8.98. The molecular formula is C14H22N2O4. The van der Waals surface area contributed by atoms with Gasteiger partial charge in [-0.2, -0.15) is 4.98 Å². The molecular weight excluding hydrogens is 260 g/mol. The van der Waals surface area contributed by atoms with Gasteiger partial charge in [-0.25, -0.2) is 0 Å². The van der Waals surface area contributed by atoms with E-state index in [9.17, 15) is 4.79 Å². The van der Waals surface area contributed by atoms with Crippen LogP contribution in [0.3, 0.4) is 0 Å². The summed E-state index contributed by atoms with van der Waals surface area (Å²) >= 11 is 0. The van der Waals surface area contributed by atoms with E-state index in [0.29, 0.717) is 37.8 Å². The van der Waals surface area contributed by atoms with Gasteiger partial charge in [-0.3, -0.25) is 4.79 Å². The van der Waals surface area contributed by atoms with Gasteiger partial charge in [0.15, 0.2) is 11.9 Å². The molecule has 0 bridgehead atoms. The molecule has 1 atom stereocenters. The lowest BCUT2D eigenvalue weighted by atomic mass is 9.96. The molecule has 1 aliphatic heterocycles. The van der Waals surface area contributed by atoms with Crippen molar-refractivity contribution in [3.8, 4) is 0 Å². The van der Waals surface area contributed by atoms with E-state index < -0.39 is 6.10 Å². The molecule has 2 rings (SSSR count). The summed E-state index contributed by atoms with van der Waals surface area (Å²) < 4.78 is 15.8. The number of hydrogen-bond acceptors (Lipinski definition) is 6. The lowest BCUT2D eigenvalue weighted by Gasteiger charge is -2.21. The summed E-state index contributed by atoms with van der Waals surface area (Å²) in [5.41, 5.74) is -0.188. The zero-order chi connectivity index (χ0) is 14.8. The summed E-state index contributed by atoms with van der Waals surface area (Å²) in [6, 6.07) is 0. The highest BCUT2D eigenvalue weighted by Gasteiger charge is 2.28. The maximum absolute atomic E-state index is 12.0. The van der Waals surface area contributed by atoms with Crippen molar-refractivity contribution < 1.29 is 18.8 Å². The number of rotatable bonds is 3. The van der Waals surface area contributed by atoms with E-state index in [0.717, 1.165) is 0 Å². The molecule has 1 fully saturated rings. The number of ether oxygens (including phenoxy) is 2. The predicted molar refractivity (Wildman–Crippen MR) is 71.0 cm³/mol. The van der Waals surface area contributed by atoms with E-state index in [1.807, 2.05) is 20.8 Å². The number of hydrogen-bond donors (Lipinski definition) is 0. The van der Waals surface area contributed by atoms with Crippen LogP contribution < -0.4 is 0 Å². The first kappa shape index (κ1) is 15.0. The molecule has 2 heterocycles. The van der Waals surface area contributed by atoms with E-state index in [1.54, 1.807) is 6.92 Å². The van der Waals surface area contributed by atoms with Crippen molar-refractivity contribution >= 4 is 5.97 Å². The second-order valence-corrected chi connectivity index (χ2v) is 6.17. The van der Waals surface area contributed by atoms with Gasteiger partial charge in [-0.1, -0.05) is 25.9 Å². The Morgan fingerprint density at radius 1 is 1.35 bits per heavy atom. The van der Waals surface area contributed by atoms with E-state index in [-0.39, 0.29) is 17.3 Å². The molecule has 1 aromatic rings. The summed E-state index contributed by atoms with van der Waals surface area (Å²) in [5.74, 6) is 0.657. The lowest BCUT2D eigenvalue weighted by Crippen LogP contribution is -2.26. The molecule has 0 aromatic carbocycles. The van der Waals surface area contributed by atoms with Crippen molar-refractivity contribution in [1.82, 2.24) is 10.1 Å². The molecule has 6 heteroatoms. The largest absolute Gasteiger partial charge is 0.452 e. The second-order valence-electron chi connectivity index (χ2n) is 6.17. The van der Waals surface area contributed by atoms with E-state index in [2.05, 4.69) is 10.1 Å². The molecule has 1 aromatic heterocycles. The Morgan fingerprint density at radius 2 is 2.00 bits per heavy atom. The van der Waals surface area contributed by atoms with Gasteiger partial charge in [0, 0.05) is 18.6 Å². The van der Waals surface area contributed by atoms with Gasteiger partial charge in [0.05, 0.1) is 5.92 Å². The minimum absolute atomic E-state index is 0.0868. The molecule has 0 spiro atoms. The van der Waals surface area contributed by atoms with Crippen molar-refractivity contribution in [2.75, 3.05) is 13.2 Å². The molecule has 1 saturated heterocycles. The third kappa shape index (κ3) is 3.56. The first-order valence-electron chi connectivity index (χ1n) is 7.00. The average Bonchev–Trinajstić information content (AvgIpc) is 2.89. The molecule has 0 N–H and O–H groups in total. The zero-order valence-electron chi connectivity index (χ0n) is 12.5. The van der Waals surface area contributed by atoms with Gasteiger partial charge in [0.2, 0.25) is 0 Å². The number of aromatic nitrogens is 2. The minimum atomic E-state index is -0.519. The van der Waals surface area contributed by atoms with E-state index >= 15 is 0 Å². The first-order chi connectivity index (χ1) is 9.38. The van der Waals surface area contributed by atoms with Crippen LogP contribution in [0.15, 0.2) is 4.52 Å². The quantitative estimate of drug-likeness (QED) is 0.792. The topological polar surface area (TPSA) is 74.5 Å². The van der Waals surface area contributed by atoms with E-state index in [1.165, 1.54) is 0 Å². The van der Waals surface area contributed by atoms with Gasteiger partial charge in [0.25, 0.3) is 5.89 Å². The fourth-order valence-electron chi connectivity index (χ4n) is 1.96. The van der Waals surface area contributed by atoms with Crippen molar-refractivity contribution in [1.29, 1.82) is 0 Å². The Bertz CT molecular complexity index is 458. The standard InChI is InChI=1S/C14H22N2O4/c1-9(11-15-13(16-20-11)14(2,3)4)19-12(17)10-5-7-18-8-6-10/h9-10H,5-8H2,1-4H3. The Morgan fingerprint density at radius 3 is 2.55 bits per heavy atom. The van der Waals surface area contributed by atoms with Crippen LogP contribution in [0.1, 0.15) is 58.4 Å². The second kappa shape index (κ2) is 5.91. The molecule has 6 nitrogen and oxygen atoms in total. The van der Waals surface area contributed by atoms with Gasteiger partial charge in [-0.15, -0.1) is 0 Å². The van der Waals surface area contributed by atoms with Gasteiger partial charge in [-0.05, 0) is 19.8 Å². The predicted octanol–water partition coefficient (Wildman–Crippen LogP) is 2.40. The highest BCUT2D eigenvalue weighted by molar-refractivity contribution is 5.72. The fourth-order valence-corrected chi connectivity index (χ4v) is 1.96. The Balaban J connectivity index is 1.95. The Kier molecular flexibility index (Phi) is 4.42. The summed E-state index contributed by atoms with van der Waals surface area (Å²) in [6.07, 6.45) is 0.902. The molecule has 112 valence electrons. The maximum Gasteiger partial charge on any atom is 0.309 e. The van der Waals surface area contributed by atoms with Gasteiger partial charge >= 0.3 is 5.97 Å². The van der Waals surface area contributed by atoms with Crippen molar-refractivity contribution in [2.24, 2.45) is 5.92 Å². The average molecular weight is 282 g/mol. The Labute approximate surface area is 118 Å². The van der Waals surface area contributed by atoms with Crippen molar-refractivity contribution in [3.05, 3.63) is 11.7 Å². The molecule has 0 amide bonds. The maximum atomic E-state index is 12.0. The fraction of sp³-hybridized carbons (Fsp3) is 0.786. The number of esters is 1. The van der Waals surface area contributed by atoms with Crippen LogP contribution in [0.25, 0.3) is 0 Å². The zero-order valence-corrected chi connectivity index (χ0v) is 12.5. The molecule has 20 heavy (non-hydrogen) atoms. The van der Waals surface area contributed by atoms with Crippen LogP contribution in [0.2, 0.25) is 0 Å². The minimum Gasteiger partial charge on any atom is -0.452 e. The van der Waals surface area contributed by atoms with Crippen LogP contribution in [-0.2, 0) is 19.7 Å². The molecule has 1 aliphatic rings. The van der Waals surface area contributed by atoms with Gasteiger partial charge < -0.3 is 14.0 Å². The monoisotopic (exact) mass is 282 g/mol. The summed E-state index contributed by atoms with van der Waals surface area (Å²) in [4.78, 5) is 16.3. The first-order valence-corrected chi connectivity index (χ1v) is 7.00. The van der Waals surface area contributed by atoms with E-state index in [4.69, 9.17) is 14.0 Å². The van der Waals surface area contributed by atoms with Crippen LogP contribution in [-0.4, -0.2) is 29.3 Å². The van der Waals surface area contributed by atoms with Crippen molar-refractivity contribution in [3.63, 3.8) is 0 Å². The summed E-state index contributed by atoms with van der Waals surface area (Å²) in [5, 5.41) is 3.93. The van der Waals surface area contributed by atoms with Crippen LogP contribution in [0.5, 0.6) is 0 Å². The van der Waals surface area contributed by atoms with Crippen LogP contribution >= 0.6 is 0 Å². The number of carbonyl (C=O) groups is 1. The lowest BCUT2D eigenvalue weighted by molar-refractivity contribution is -0.158. The molecule has 0 radical (unpaired) electrons. The molecule has 1 unspecified atom stereocenters. The third-order valence-electron chi connectivity index (χ3n) is 3.31. The summed E-state index contributed by atoms with van der Waals surface area (Å²) in [7, 11) is 0. The molecule has 0 saturated carbocycles. The molecule has 0 aliphatic carbocycles. The highest BCUT2D eigenvalue weighted by atomic mass is 16.6. The number of nitrogens with zero attached hydrogens (tertiary/aromatic N) is 2. The van der Waals surface area contributed by atoms with Gasteiger partial charge in [0.1, 0.15) is 0 Å². The third-order valence-corrected chi connectivity index (χ3v) is 3.31. The Hall–Kier alpha value is -1.43. The van der Waals surface area contributed by atoms with Crippen LogP contribution in [0, 0.1) is 5.92 Å². The number of carbonyl (C=O) groups excluding carboxylic acids is 1. The van der Waals surface area contributed by atoms with Crippen molar-refractivity contribution in [2.45, 2.75) is 52.1 Å². The van der Waals surface area contributed by atoms with Crippen LogP contribution in [0.4, 0.5) is 0 Å². The SMILES string of the molecule is CC(OC(=O)C1CCOCC1)c1nc(C(C)(C)C)no1. The smallest absolute Gasteiger partial charge is 0.309 e. The highest BCUT2D eigenvalue weighted by Crippen LogP contribution is 2.24. The normalized spacial score (nSPS) is 18.8.